The van der Waals surface area contributed by atoms with Crippen molar-refractivity contribution in [3.05, 3.63) is 28.8 Å². The minimum Gasteiger partial charge on any atom is -0.496 e. The summed E-state index contributed by atoms with van der Waals surface area (Å²) in [6.07, 6.45) is 2.32. The van der Waals surface area contributed by atoms with Crippen molar-refractivity contribution in [2.75, 3.05) is 32.5 Å². The molecule has 2 rings (SSSR count). The van der Waals surface area contributed by atoms with Gasteiger partial charge in [0.2, 0.25) is 10.0 Å². The summed E-state index contributed by atoms with van der Waals surface area (Å²) in [6.45, 7) is 3.35. The topological polar surface area (TPSA) is 75.7 Å². The van der Waals surface area contributed by atoms with Gasteiger partial charge in [-0.15, -0.1) is 0 Å². The fraction of sp³-hybridized carbons (Fsp3) is 0.588. The van der Waals surface area contributed by atoms with E-state index in [1.165, 1.54) is 7.11 Å². The van der Waals surface area contributed by atoms with E-state index in [9.17, 15) is 13.2 Å². The highest BCUT2D eigenvalue weighted by Gasteiger charge is 2.27. The lowest BCUT2D eigenvalue weighted by atomic mass is 9.97. The first kappa shape index (κ1) is 20.0. The Hall–Kier alpha value is -1.31. The average Bonchev–Trinajstić information content (AvgIpc) is 2.59. The first-order valence-electron chi connectivity index (χ1n) is 8.46. The van der Waals surface area contributed by atoms with Gasteiger partial charge >= 0.3 is 0 Å². The van der Waals surface area contributed by atoms with Crippen LogP contribution in [-0.2, 0) is 10.0 Å². The molecule has 0 unspecified atom stereocenters. The van der Waals surface area contributed by atoms with Gasteiger partial charge in [-0.25, -0.2) is 13.1 Å². The van der Waals surface area contributed by atoms with E-state index < -0.39 is 10.0 Å². The smallest absolute Gasteiger partial charge is 0.257 e. The summed E-state index contributed by atoms with van der Waals surface area (Å²) in [5, 5.41) is 0.477. The van der Waals surface area contributed by atoms with E-state index in [-0.39, 0.29) is 17.6 Å². The van der Waals surface area contributed by atoms with E-state index in [1.54, 1.807) is 23.1 Å². The predicted molar refractivity (Wildman–Crippen MR) is 98.7 cm³/mol. The molecule has 1 saturated heterocycles. The van der Waals surface area contributed by atoms with Crippen molar-refractivity contribution < 1.29 is 17.9 Å². The van der Waals surface area contributed by atoms with Crippen molar-refractivity contribution in [3.63, 3.8) is 0 Å². The van der Waals surface area contributed by atoms with Gasteiger partial charge in [0.05, 0.1) is 18.4 Å². The summed E-state index contributed by atoms with van der Waals surface area (Å²) in [7, 11) is -1.71. The molecule has 0 saturated carbocycles. The van der Waals surface area contributed by atoms with Crippen molar-refractivity contribution in [3.8, 4) is 5.75 Å². The summed E-state index contributed by atoms with van der Waals surface area (Å²) in [4.78, 5) is 14.6. The molecule has 1 aliphatic heterocycles. The normalized spacial score (nSPS) is 18.2. The molecule has 0 radical (unpaired) electrons. The fourth-order valence-electron chi connectivity index (χ4n) is 3.02. The molecule has 1 aromatic carbocycles. The molecular weight excluding hydrogens is 364 g/mol. The molecule has 0 bridgehead atoms. The maximum Gasteiger partial charge on any atom is 0.257 e. The molecule has 0 aliphatic carbocycles. The summed E-state index contributed by atoms with van der Waals surface area (Å²) in [6, 6.07) is 4.96. The van der Waals surface area contributed by atoms with E-state index in [2.05, 4.69) is 4.72 Å². The lowest BCUT2D eigenvalue weighted by Gasteiger charge is -2.33. The van der Waals surface area contributed by atoms with Gasteiger partial charge in [-0.3, -0.25) is 4.79 Å². The zero-order valence-corrected chi connectivity index (χ0v) is 16.2. The molecule has 0 spiro atoms. The van der Waals surface area contributed by atoms with Crippen molar-refractivity contribution in [1.29, 1.82) is 0 Å². The van der Waals surface area contributed by atoms with Crippen LogP contribution in [0.15, 0.2) is 18.2 Å². The van der Waals surface area contributed by atoms with E-state index in [1.807, 2.05) is 6.92 Å². The molecule has 1 atom stereocenters. The number of likely N-dealkylation sites (tertiary alicyclic amines) is 1. The Kier molecular flexibility index (Phi) is 7.10. The zero-order valence-electron chi connectivity index (χ0n) is 14.6. The second-order valence-corrected chi connectivity index (χ2v) is 8.63. The van der Waals surface area contributed by atoms with Crippen LogP contribution in [0.3, 0.4) is 0 Å². The maximum atomic E-state index is 12.8. The van der Waals surface area contributed by atoms with Crippen LogP contribution in [0.5, 0.6) is 5.75 Å². The number of halogens is 1. The SMILES string of the molecule is CCCS(=O)(=O)NC[C@H]1CCCN(C(=O)c2cc(Cl)ccc2OC)C1. The minimum atomic E-state index is -3.23. The third kappa shape index (κ3) is 5.59. The second-order valence-electron chi connectivity index (χ2n) is 6.27. The Balaban J connectivity index is 2.03. The number of piperidine rings is 1. The number of methoxy groups -OCH3 is 1. The number of hydrogen-bond acceptors (Lipinski definition) is 4. The number of carbonyl (C=O) groups is 1. The van der Waals surface area contributed by atoms with Crippen LogP contribution in [-0.4, -0.2) is 51.7 Å². The quantitative estimate of drug-likeness (QED) is 0.778. The monoisotopic (exact) mass is 388 g/mol. The Morgan fingerprint density at radius 3 is 2.88 bits per heavy atom. The van der Waals surface area contributed by atoms with Crippen molar-refractivity contribution in [2.24, 2.45) is 5.92 Å². The highest BCUT2D eigenvalue weighted by molar-refractivity contribution is 7.89. The number of amides is 1. The van der Waals surface area contributed by atoms with Gasteiger partial charge in [0.25, 0.3) is 5.91 Å². The van der Waals surface area contributed by atoms with Crippen LogP contribution in [0.2, 0.25) is 5.02 Å². The third-order valence-electron chi connectivity index (χ3n) is 4.26. The number of ether oxygens (including phenoxy) is 1. The van der Waals surface area contributed by atoms with Crippen LogP contribution in [0.4, 0.5) is 0 Å². The molecule has 8 heteroatoms. The average molecular weight is 389 g/mol. The van der Waals surface area contributed by atoms with Crippen LogP contribution < -0.4 is 9.46 Å². The molecule has 1 fully saturated rings. The molecule has 140 valence electrons. The van der Waals surface area contributed by atoms with Gasteiger partial charge in [0.1, 0.15) is 5.75 Å². The first-order valence-corrected chi connectivity index (χ1v) is 10.5. The van der Waals surface area contributed by atoms with Crippen LogP contribution in [0.25, 0.3) is 0 Å². The highest BCUT2D eigenvalue weighted by atomic mass is 35.5. The third-order valence-corrected chi connectivity index (χ3v) is 6.05. The fourth-order valence-corrected chi connectivity index (χ4v) is 4.36. The van der Waals surface area contributed by atoms with E-state index in [0.717, 1.165) is 12.8 Å². The van der Waals surface area contributed by atoms with Gasteiger partial charge in [-0.1, -0.05) is 18.5 Å². The van der Waals surface area contributed by atoms with Crippen LogP contribution in [0.1, 0.15) is 36.5 Å². The molecule has 1 heterocycles. The number of nitrogens with zero attached hydrogens (tertiary/aromatic N) is 1. The van der Waals surface area contributed by atoms with Crippen LogP contribution in [0, 0.1) is 5.92 Å². The largest absolute Gasteiger partial charge is 0.496 e. The molecule has 6 nitrogen and oxygen atoms in total. The number of hydrogen-bond donors (Lipinski definition) is 1. The zero-order chi connectivity index (χ0) is 18.4. The van der Waals surface area contributed by atoms with Gasteiger partial charge in [-0.05, 0) is 43.4 Å². The standard InChI is InChI=1S/C17H25ClN2O4S/c1-3-9-25(22,23)19-11-13-5-4-8-20(12-13)17(21)15-10-14(18)6-7-16(15)24-2/h6-7,10,13,19H,3-5,8-9,11-12H2,1-2H3/t13-/m1/s1. The van der Waals surface area contributed by atoms with E-state index >= 15 is 0 Å². The molecule has 25 heavy (non-hydrogen) atoms. The lowest BCUT2D eigenvalue weighted by molar-refractivity contribution is 0.0673. The van der Waals surface area contributed by atoms with Crippen LogP contribution >= 0.6 is 11.6 Å². The predicted octanol–water partition coefficient (Wildman–Crippen LogP) is 2.53. The molecule has 1 aromatic rings. The van der Waals surface area contributed by atoms with E-state index in [4.69, 9.17) is 16.3 Å². The Morgan fingerprint density at radius 2 is 2.20 bits per heavy atom. The molecular formula is C17H25ClN2O4S. The maximum absolute atomic E-state index is 12.8. The van der Waals surface area contributed by atoms with Gasteiger partial charge < -0.3 is 9.64 Å². The Morgan fingerprint density at radius 1 is 1.44 bits per heavy atom. The lowest BCUT2D eigenvalue weighted by Crippen LogP contribution is -2.44. The number of rotatable bonds is 7. The molecule has 1 amide bonds. The first-order chi connectivity index (χ1) is 11.9. The summed E-state index contributed by atoms with van der Waals surface area (Å²) < 4.78 is 31.5. The summed E-state index contributed by atoms with van der Waals surface area (Å²) in [5.74, 6) is 0.581. The molecule has 1 N–H and O–H groups in total. The van der Waals surface area contributed by atoms with Gasteiger partial charge in [0, 0.05) is 24.7 Å². The van der Waals surface area contributed by atoms with Crippen molar-refractivity contribution in [2.45, 2.75) is 26.2 Å². The number of benzene rings is 1. The van der Waals surface area contributed by atoms with E-state index in [0.29, 0.717) is 42.4 Å². The Bertz CT molecular complexity index is 709. The molecule has 1 aliphatic rings. The summed E-state index contributed by atoms with van der Waals surface area (Å²) >= 11 is 6.01. The second kappa shape index (κ2) is 8.87. The number of nitrogens with one attached hydrogen (secondary N) is 1. The molecule has 0 aromatic heterocycles. The van der Waals surface area contributed by atoms with Crippen molar-refractivity contribution >= 4 is 27.5 Å². The number of sulfonamides is 1. The van der Waals surface area contributed by atoms with Gasteiger partial charge in [0.15, 0.2) is 0 Å². The summed E-state index contributed by atoms with van der Waals surface area (Å²) in [5.41, 5.74) is 0.433. The van der Waals surface area contributed by atoms with Crippen molar-refractivity contribution in [1.82, 2.24) is 9.62 Å². The Labute approximate surface area is 154 Å². The van der Waals surface area contributed by atoms with Gasteiger partial charge in [-0.2, -0.15) is 0 Å². The minimum absolute atomic E-state index is 0.106. The highest BCUT2D eigenvalue weighted by Crippen LogP contribution is 2.26. The number of carbonyl (C=O) groups excluding carboxylic acids is 1.